The minimum absolute atomic E-state index is 0.0299. The van der Waals surface area contributed by atoms with E-state index < -0.39 is 17.3 Å². The van der Waals surface area contributed by atoms with Crippen LogP contribution in [0.1, 0.15) is 24.8 Å². The summed E-state index contributed by atoms with van der Waals surface area (Å²) in [7, 11) is 4.65. The first kappa shape index (κ1) is 19.9. The lowest BCUT2D eigenvalue weighted by Crippen LogP contribution is -2.40. The van der Waals surface area contributed by atoms with Crippen molar-refractivity contribution in [1.82, 2.24) is 4.57 Å². The van der Waals surface area contributed by atoms with E-state index in [4.69, 9.17) is 9.47 Å². The van der Waals surface area contributed by atoms with Gasteiger partial charge in [-0.25, -0.2) is 4.39 Å². The number of carbonyl (C=O) groups excluding carboxylic acids is 2. The normalized spacial score (nSPS) is 21.6. The van der Waals surface area contributed by atoms with Gasteiger partial charge in [0, 0.05) is 29.8 Å². The molecule has 1 heterocycles. The molecule has 2 atom stereocenters. The summed E-state index contributed by atoms with van der Waals surface area (Å²) in [5, 5.41) is 11.6. The molecule has 2 unspecified atom stereocenters. The van der Waals surface area contributed by atoms with Crippen molar-refractivity contribution in [3.63, 3.8) is 0 Å². The van der Waals surface area contributed by atoms with Crippen LogP contribution in [0, 0.1) is 23.1 Å². The highest BCUT2D eigenvalue weighted by atomic mass is 19.1. The fraction of sp³-hybridized carbons (Fsp3) is 0.348. The maximum absolute atomic E-state index is 14.2. The first-order valence-electron chi connectivity index (χ1n) is 9.63. The molecule has 1 aliphatic carbocycles. The fourth-order valence-electron chi connectivity index (χ4n) is 4.70. The second-order valence-corrected chi connectivity index (χ2v) is 7.70. The van der Waals surface area contributed by atoms with Gasteiger partial charge in [0.1, 0.15) is 23.3 Å². The van der Waals surface area contributed by atoms with Crippen molar-refractivity contribution in [2.45, 2.75) is 24.7 Å². The van der Waals surface area contributed by atoms with E-state index in [2.05, 4.69) is 6.07 Å². The molecule has 2 aromatic carbocycles. The van der Waals surface area contributed by atoms with Crippen LogP contribution >= 0.6 is 0 Å². The van der Waals surface area contributed by atoms with Gasteiger partial charge < -0.3 is 14.0 Å². The zero-order valence-corrected chi connectivity index (χ0v) is 17.0. The highest BCUT2D eigenvalue weighted by molar-refractivity contribution is 6.12. The zero-order chi connectivity index (χ0) is 21.6. The predicted octanol–water partition coefficient (Wildman–Crippen LogP) is 3.78. The summed E-state index contributed by atoms with van der Waals surface area (Å²) >= 11 is 0. The Bertz CT molecular complexity index is 1230. The second kappa shape index (κ2) is 7.13. The van der Waals surface area contributed by atoms with Crippen LogP contribution in [-0.4, -0.2) is 30.5 Å². The number of hydrogen-bond donors (Lipinski definition) is 0. The van der Waals surface area contributed by atoms with Gasteiger partial charge in [0.15, 0.2) is 0 Å². The highest BCUT2D eigenvalue weighted by Crippen LogP contribution is 2.47. The van der Waals surface area contributed by atoms with E-state index in [-0.39, 0.29) is 30.9 Å². The Morgan fingerprint density at radius 1 is 1.30 bits per heavy atom. The molecule has 3 aromatic rings. The van der Waals surface area contributed by atoms with E-state index in [9.17, 15) is 19.2 Å². The standard InChI is InChI=1S/C23H21FN2O4/c1-26-17-6-4-13(24)10-14(17)20-16(5-7-19(29-2)21(20)26)23(12-25)9-8-18(27)15(11-23)22(28)30-3/h4-7,10,15H,8-9,11H2,1-3H3. The summed E-state index contributed by atoms with van der Waals surface area (Å²) in [6, 6.07) is 10.5. The van der Waals surface area contributed by atoms with Gasteiger partial charge in [0.25, 0.3) is 0 Å². The molecular weight excluding hydrogens is 387 g/mol. The summed E-state index contributed by atoms with van der Waals surface area (Å²) in [5.41, 5.74) is 1.11. The molecule has 1 aromatic heterocycles. The van der Waals surface area contributed by atoms with Gasteiger partial charge >= 0.3 is 5.97 Å². The number of Topliss-reactive ketones (excluding diaryl/α,β-unsaturated/α-hetero) is 1. The number of carbonyl (C=O) groups is 2. The van der Waals surface area contributed by atoms with Gasteiger partial charge in [0.2, 0.25) is 0 Å². The number of nitriles is 1. The number of esters is 1. The Morgan fingerprint density at radius 3 is 2.73 bits per heavy atom. The van der Waals surface area contributed by atoms with Crippen molar-refractivity contribution >= 4 is 33.6 Å². The van der Waals surface area contributed by atoms with Crippen LogP contribution in [-0.2, 0) is 26.8 Å². The van der Waals surface area contributed by atoms with Crippen molar-refractivity contribution in [3.05, 3.63) is 41.7 Å². The lowest BCUT2D eigenvalue weighted by molar-refractivity contribution is -0.151. The van der Waals surface area contributed by atoms with Crippen LogP contribution in [0.4, 0.5) is 4.39 Å². The molecule has 154 valence electrons. The molecule has 6 nitrogen and oxygen atoms in total. The number of nitrogens with zero attached hydrogens (tertiary/aromatic N) is 2. The van der Waals surface area contributed by atoms with E-state index in [0.29, 0.717) is 22.1 Å². The Balaban J connectivity index is 2.05. The summed E-state index contributed by atoms with van der Waals surface area (Å²) in [4.78, 5) is 24.6. The maximum atomic E-state index is 14.2. The third-order valence-corrected chi connectivity index (χ3v) is 6.24. The van der Waals surface area contributed by atoms with Gasteiger partial charge in [-0.2, -0.15) is 5.26 Å². The van der Waals surface area contributed by atoms with E-state index in [1.54, 1.807) is 25.3 Å². The van der Waals surface area contributed by atoms with Crippen molar-refractivity contribution in [2.24, 2.45) is 13.0 Å². The zero-order valence-electron chi connectivity index (χ0n) is 17.0. The first-order valence-corrected chi connectivity index (χ1v) is 9.63. The van der Waals surface area contributed by atoms with E-state index in [0.717, 1.165) is 11.0 Å². The molecule has 0 saturated heterocycles. The monoisotopic (exact) mass is 408 g/mol. The van der Waals surface area contributed by atoms with E-state index in [1.807, 2.05) is 11.6 Å². The van der Waals surface area contributed by atoms with Crippen LogP contribution in [0.5, 0.6) is 5.75 Å². The third-order valence-electron chi connectivity index (χ3n) is 6.24. The van der Waals surface area contributed by atoms with Crippen LogP contribution in [0.3, 0.4) is 0 Å². The minimum Gasteiger partial charge on any atom is -0.495 e. The molecule has 7 heteroatoms. The maximum Gasteiger partial charge on any atom is 0.316 e. The van der Waals surface area contributed by atoms with Crippen LogP contribution in [0.25, 0.3) is 21.8 Å². The van der Waals surface area contributed by atoms with E-state index in [1.165, 1.54) is 19.2 Å². The van der Waals surface area contributed by atoms with Gasteiger partial charge in [-0.1, -0.05) is 6.07 Å². The van der Waals surface area contributed by atoms with Gasteiger partial charge in [-0.3, -0.25) is 9.59 Å². The lowest BCUT2D eigenvalue weighted by Gasteiger charge is -2.34. The number of hydrogen-bond acceptors (Lipinski definition) is 5. The predicted molar refractivity (Wildman–Crippen MR) is 109 cm³/mol. The van der Waals surface area contributed by atoms with Crippen molar-refractivity contribution in [1.29, 1.82) is 5.26 Å². The molecule has 1 saturated carbocycles. The molecule has 0 spiro atoms. The summed E-state index contributed by atoms with van der Waals surface area (Å²) in [6.07, 6.45) is 0.408. The molecular formula is C23H21FN2O4. The summed E-state index contributed by atoms with van der Waals surface area (Å²) < 4.78 is 26.4. The minimum atomic E-state index is -1.09. The fourth-order valence-corrected chi connectivity index (χ4v) is 4.70. The Morgan fingerprint density at radius 2 is 2.07 bits per heavy atom. The number of halogens is 1. The number of aromatic nitrogens is 1. The largest absolute Gasteiger partial charge is 0.495 e. The second-order valence-electron chi connectivity index (χ2n) is 7.70. The smallest absolute Gasteiger partial charge is 0.316 e. The quantitative estimate of drug-likeness (QED) is 0.487. The van der Waals surface area contributed by atoms with Crippen molar-refractivity contribution in [2.75, 3.05) is 14.2 Å². The molecule has 30 heavy (non-hydrogen) atoms. The number of ketones is 1. The van der Waals surface area contributed by atoms with Gasteiger partial charge in [-0.15, -0.1) is 0 Å². The topological polar surface area (TPSA) is 81.3 Å². The van der Waals surface area contributed by atoms with Crippen LogP contribution in [0.15, 0.2) is 30.3 Å². The molecule has 0 aliphatic heterocycles. The van der Waals surface area contributed by atoms with Crippen LogP contribution < -0.4 is 4.74 Å². The molecule has 0 N–H and O–H groups in total. The number of fused-ring (bicyclic) bond motifs is 3. The van der Waals surface area contributed by atoms with E-state index >= 15 is 0 Å². The average Bonchev–Trinajstić information content (AvgIpc) is 3.05. The number of rotatable bonds is 3. The van der Waals surface area contributed by atoms with Crippen molar-refractivity contribution in [3.8, 4) is 11.8 Å². The number of aryl methyl sites for hydroxylation is 1. The summed E-state index contributed by atoms with van der Waals surface area (Å²) in [6.45, 7) is 0. The van der Waals surface area contributed by atoms with Gasteiger partial charge in [-0.05, 0) is 42.7 Å². The third kappa shape index (κ3) is 2.75. The van der Waals surface area contributed by atoms with Crippen molar-refractivity contribution < 1.29 is 23.5 Å². The SMILES string of the molecule is COC(=O)C1CC(C#N)(c2ccc(OC)c3c2c2cc(F)ccc2n3C)CCC1=O. The highest BCUT2D eigenvalue weighted by Gasteiger charge is 2.46. The molecule has 4 rings (SSSR count). The number of methoxy groups -OCH3 is 2. The Labute approximate surface area is 172 Å². The van der Waals surface area contributed by atoms with Crippen LogP contribution in [0.2, 0.25) is 0 Å². The number of benzene rings is 2. The molecule has 0 amide bonds. The Hall–Kier alpha value is -3.40. The molecule has 1 fully saturated rings. The molecule has 0 radical (unpaired) electrons. The lowest BCUT2D eigenvalue weighted by atomic mass is 9.65. The first-order chi connectivity index (χ1) is 14.4. The average molecular weight is 408 g/mol. The summed E-state index contributed by atoms with van der Waals surface area (Å²) in [5.74, 6) is -1.64. The van der Waals surface area contributed by atoms with Gasteiger partial charge in [0.05, 0.1) is 31.2 Å². The number of ether oxygens (including phenoxy) is 2. The molecule has 1 aliphatic rings. The molecule has 0 bridgehead atoms. The Kier molecular flexibility index (Phi) is 4.73.